The highest BCUT2D eigenvalue weighted by atomic mass is 32.2. The maximum absolute atomic E-state index is 11.1. The molecule has 1 unspecified atom stereocenters. The van der Waals surface area contributed by atoms with Crippen molar-refractivity contribution >= 4 is 9.84 Å². The van der Waals surface area contributed by atoms with Crippen molar-refractivity contribution in [1.29, 1.82) is 0 Å². The second-order valence-corrected chi connectivity index (χ2v) is 6.49. The largest absolute Gasteiger partial charge is 0.324 e. The van der Waals surface area contributed by atoms with Crippen LogP contribution >= 0.6 is 0 Å². The summed E-state index contributed by atoms with van der Waals surface area (Å²) in [6.07, 6.45) is 1.23. The maximum atomic E-state index is 11.1. The SMILES string of the molecule is Cc1nn(CCS(C)(=O)=O)c(C)c1C(C)N. The first-order valence-electron chi connectivity index (χ1n) is 5.19. The fourth-order valence-electron chi connectivity index (χ4n) is 1.84. The zero-order valence-corrected chi connectivity index (χ0v) is 11.0. The molecule has 1 rings (SSSR count). The van der Waals surface area contributed by atoms with Gasteiger partial charge >= 0.3 is 0 Å². The van der Waals surface area contributed by atoms with Gasteiger partial charge in [0.25, 0.3) is 0 Å². The fraction of sp³-hybridized carbons (Fsp3) is 0.700. The third-order valence-corrected chi connectivity index (χ3v) is 3.49. The zero-order valence-electron chi connectivity index (χ0n) is 10.2. The van der Waals surface area contributed by atoms with E-state index in [2.05, 4.69) is 5.10 Å². The summed E-state index contributed by atoms with van der Waals surface area (Å²) in [5, 5.41) is 4.31. The number of nitrogens with two attached hydrogens (primary N) is 1. The van der Waals surface area contributed by atoms with Crippen LogP contribution in [0.1, 0.15) is 29.9 Å². The number of rotatable bonds is 4. The molecule has 0 aliphatic heterocycles. The molecular formula is C10H19N3O2S. The van der Waals surface area contributed by atoms with E-state index in [1.807, 2.05) is 20.8 Å². The van der Waals surface area contributed by atoms with Crippen molar-refractivity contribution in [2.45, 2.75) is 33.4 Å². The van der Waals surface area contributed by atoms with Gasteiger partial charge in [-0.05, 0) is 20.8 Å². The van der Waals surface area contributed by atoms with Crippen molar-refractivity contribution in [3.05, 3.63) is 17.0 Å². The van der Waals surface area contributed by atoms with Crippen molar-refractivity contribution in [3.63, 3.8) is 0 Å². The van der Waals surface area contributed by atoms with Gasteiger partial charge in [0.2, 0.25) is 0 Å². The van der Waals surface area contributed by atoms with Gasteiger partial charge in [-0.2, -0.15) is 5.10 Å². The van der Waals surface area contributed by atoms with E-state index < -0.39 is 9.84 Å². The van der Waals surface area contributed by atoms with Crippen LogP contribution in [0, 0.1) is 13.8 Å². The molecule has 6 heteroatoms. The molecule has 1 aromatic rings. The number of hydrogen-bond donors (Lipinski definition) is 1. The first kappa shape index (κ1) is 13.2. The van der Waals surface area contributed by atoms with Crippen molar-refractivity contribution in [2.24, 2.45) is 5.73 Å². The van der Waals surface area contributed by atoms with Crippen LogP contribution in [0.2, 0.25) is 0 Å². The molecule has 0 aromatic carbocycles. The van der Waals surface area contributed by atoms with Crippen molar-refractivity contribution in [1.82, 2.24) is 9.78 Å². The van der Waals surface area contributed by atoms with E-state index >= 15 is 0 Å². The number of aromatic nitrogens is 2. The molecule has 0 aliphatic carbocycles. The van der Waals surface area contributed by atoms with Crippen molar-refractivity contribution in [3.8, 4) is 0 Å². The topological polar surface area (TPSA) is 78.0 Å². The van der Waals surface area contributed by atoms with Gasteiger partial charge in [-0.15, -0.1) is 0 Å². The molecule has 92 valence electrons. The number of sulfone groups is 1. The zero-order chi connectivity index (χ0) is 12.5. The summed E-state index contributed by atoms with van der Waals surface area (Å²) in [6, 6.07) is -0.0769. The molecule has 1 heterocycles. The van der Waals surface area contributed by atoms with Gasteiger partial charge in [0.15, 0.2) is 0 Å². The highest BCUT2D eigenvalue weighted by molar-refractivity contribution is 7.90. The molecule has 1 atom stereocenters. The normalized spacial score (nSPS) is 14.1. The van der Waals surface area contributed by atoms with Crippen LogP contribution in [0.3, 0.4) is 0 Å². The highest BCUT2D eigenvalue weighted by Gasteiger charge is 2.15. The van der Waals surface area contributed by atoms with Gasteiger partial charge in [0.05, 0.1) is 18.0 Å². The summed E-state index contributed by atoms with van der Waals surface area (Å²) < 4.78 is 23.9. The predicted octanol–water partition coefficient (Wildman–Crippen LogP) is 0.564. The monoisotopic (exact) mass is 245 g/mol. The summed E-state index contributed by atoms with van der Waals surface area (Å²) in [5.74, 6) is 0.105. The van der Waals surface area contributed by atoms with E-state index in [1.54, 1.807) is 4.68 Å². The van der Waals surface area contributed by atoms with E-state index in [9.17, 15) is 8.42 Å². The minimum Gasteiger partial charge on any atom is -0.324 e. The van der Waals surface area contributed by atoms with Gasteiger partial charge in [0, 0.05) is 23.6 Å². The van der Waals surface area contributed by atoms with Gasteiger partial charge in [-0.25, -0.2) is 8.42 Å². The minimum absolute atomic E-state index is 0.0769. The lowest BCUT2D eigenvalue weighted by Crippen LogP contribution is -2.14. The Hall–Kier alpha value is -0.880. The average molecular weight is 245 g/mol. The van der Waals surface area contributed by atoms with Crippen LogP contribution in [0.5, 0.6) is 0 Å². The quantitative estimate of drug-likeness (QED) is 0.841. The Morgan fingerprint density at radius 2 is 2.00 bits per heavy atom. The molecule has 0 saturated carbocycles. The Morgan fingerprint density at radius 1 is 1.44 bits per heavy atom. The third kappa shape index (κ3) is 3.05. The van der Waals surface area contributed by atoms with E-state index in [0.29, 0.717) is 6.54 Å². The van der Waals surface area contributed by atoms with E-state index in [4.69, 9.17) is 5.73 Å². The molecule has 2 N–H and O–H groups in total. The molecule has 0 amide bonds. The van der Waals surface area contributed by atoms with Crippen molar-refractivity contribution < 1.29 is 8.42 Å². The molecule has 0 fully saturated rings. The maximum Gasteiger partial charge on any atom is 0.149 e. The molecule has 16 heavy (non-hydrogen) atoms. The van der Waals surface area contributed by atoms with Gasteiger partial charge < -0.3 is 5.73 Å². The molecule has 0 spiro atoms. The summed E-state index contributed by atoms with van der Waals surface area (Å²) in [7, 11) is -2.95. The first-order valence-corrected chi connectivity index (χ1v) is 7.25. The summed E-state index contributed by atoms with van der Waals surface area (Å²) >= 11 is 0. The molecule has 0 aliphatic rings. The summed E-state index contributed by atoms with van der Waals surface area (Å²) in [5.41, 5.74) is 8.68. The van der Waals surface area contributed by atoms with Crippen LogP contribution in [0.15, 0.2) is 0 Å². The number of aryl methyl sites for hydroxylation is 2. The highest BCUT2D eigenvalue weighted by Crippen LogP contribution is 2.19. The Bertz CT molecular complexity index is 474. The van der Waals surface area contributed by atoms with Gasteiger partial charge in [-0.3, -0.25) is 4.68 Å². The summed E-state index contributed by atoms with van der Waals surface area (Å²) in [6.45, 7) is 6.10. The predicted molar refractivity (Wildman–Crippen MR) is 64.0 cm³/mol. The second-order valence-electron chi connectivity index (χ2n) is 4.23. The van der Waals surface area contributed by atoms with E-state index in [-0.39, 0.29) is 11.8 Å². The number of nitrogens with zero attached hydrogens (tertiary/aromatic N) is 2. The van der Waals surface area contributed by atoms with E-state index in [1.165, 1.54) is 6.26 Å². The Labute approximate surface area is 96.6 Å². The fourth-order valence-corrected chi connectivity index (χ4v) is 2.34. The average Bonchev–Trinajstić information content (AvgIpc) is 2.36. The Balaban J connectivity index is 2.95. The minimum atomic E-state index is -2.95. The molecule has 1 aromatic heterocycles. The molecule has 0 radical (unpaired) electrons. The molecule has 0 bridgehead atoms. The standard InChI is InChI=1S/C10H19N3O2S/c1-7(11)10-8(2)12-13(9(10)3)5-6-16(4,14)15/h7H,5-6,11H2,1-4H3. The van der Waals surface area contributed by atoms with Crippen LogP contribution in [0.25, 0.3) is 0 Å². The van der Waals surface area contributed by atoms with Crippen LogP contribution in [-0.2, 0) is 16.4 Å². The van der Waals surface area contributed by atoms with Crippen LogP contribution < -0.4 is 5.73 Å². The van der Waals surface area contributed by atoms with Crippen LogP contribution in [-0.4, -0.2) is 30.2 Å². The summed E-state index contributed by atoms with van der Waals surface area (Å²) in [4.78, 5) is 0. The van der Waals surface area contributed by atoms with E-state index in [0.717, 1.165) is 17.0 Å². The smallest absolute Gasteiger partial charge is 0.149 e. The molecule has 0 saturated heterocycles. The van der Waals surface area contributed by atoms with Gasteiger partial charge in [-0.1, -0.05) is 0 Å². The lowest BCUT2D eigenvalue weighted by atomic mass is 10.1. The number of hydrogen-bond acceptors (Lipinski definition) is 4. The molecular weight excluding hydrogens is 226 g/mol. The second kappa shape index (κ2) is 4.55. The van der Waals surface area contributed by atoms with Crippen molar-refractivity contribution in [2.75, 3.05) is 12.0 Å². The van der Waals surface area contributed by atoms with Gasteiger partial charge in [0.1, 0.15) is 9.84 Å². The van der Waals surface area contributed by atoms with Crippen LogP contribution in [0.4, 0.5) is 0 Å². The Kier molecular flexibility index (Phi) is 3.75. The Morgan fingerprint density at radius 3 is 2.38 bits per heavy atom. The molecule has 5 nitrogen and oxygen atoms in total. The lowest BCUT2D eigenvalue weighted by molar-refractivity contribution is 0.580. The third-order valence-electron chi connectivity index (χ3n) is 2.57. The first-order chi connectivity index (χ1) is 7.22. The lowest BCUT2D eigenvalue weighted by Gasteiger charge is -2.07.